The van der Waals surface area contributed by atoms with Gasteiger partial charge < -0.3 is 19.8 Å². The van der Waals surface area contributed by atoms with Crippen LogP contribution >= 0.6 is 0 Å². The Labute approximate surface area is 94.4 Å². The molecule has 2 N–H and O–H groups in total. The Kier molecular flexibility index (Phi) is 1.94. The maximum absolute atomic E-state index is 12.8. The first-order chi connectivity index (χ1) is 8.12. The van der Waals surface area contributed by atoms with Crippen molar-refractivity contribution < 1.29 is 18.3 Å². The van der Waals surface area contributed by atoms with Crippen LogP contribution in [0.4, 0.5) is 20.4 Å². The van der Waals surface area contributed by atoms with Crippen LogP contribution < -0.4 is 14.8 Å². The number of fused-ring (bicyclic) bond motifs is 1. The Morgan fingerprint density at radius 3 is 2.82 bits per heavy atom. The van der Waals surface area contributed by atoms with E-state index in [-0.39, 0.29) is 11.5 Å². The molecule has 2 heterocycles. The van der Waals surface area contributed by atoms with Crippen LogP contribution in [-0.4, -0.2) is 16.3 Å². The fourth-order valence-corrected chi connectivity index (χ4v) is 1.50. The molecule has 0 saturated carbocycles. The van der Waals surface area contributed by atoms with E-state index in [2.05, 4.69) is 24.8 Å². The molecule has 0 bridgehead atoms. The number of ether oxygens (including phenoxy) is 2. The summed E-state index contributed by atoms with van der Waals surface area (Å²) in [6, 6.07) is 4.41. The molecule has 1 aromatic heterocycles. The van der Waals surface area contributed by atoms with Crippen molar-refractivity contribution in [3.8, 4) is 11.5 Å². The molecule has 17 heavy (non-hydrogen) atoms. The van der Waals surface area contributed by atoms with E-state index in [1.165, 1.54) is 12.1 Å². The lowest BCUT2D eigenvalue weighted by Crippen LogP contribution is -2.25. The number of alkyl halides is 2. The minimum atomic E-state index is -3.59. The van der Waals surface area contributed by atoms with Gasteiger partial charge in [0.05, 0.1) is 0 Å². The number of anilines is 2. The Hall–Kier alpha value is -2.31. The molecule has 3 rings (SSSR count). The van der Waals surface area contributed by atoms with Gasteiger partial charge in [-0.25, -0.2) is 4.98 Å². The second-order valence-corrected chi connectivity index (χ2v) is 3.39. The summed E-state index contributed by atoms with van der Waals surface area (Å²) in [5, 5.41) is 2.89. The van der Waals surface area contributed by atoms with Gasteiger partial charge in [-0.3, -0.25) is 0 Å². The SMILES string of the molecule is FC1(F)Oc2ccc(Nc3ncc[nH]3)cc2O1. The van der Waals surface area contributed by atoms with Crippen LogP contribution in [0, 0.1) is 0 Å². The maximum Gasteiger partial charge on any atom is 0.586 e. The number of H-pyrrole nitrogens is 1. The normalized spacial score (nSPS) is 15.9. The van der Waals surface area contributed by atoms with E-state index >= 15 is 0 Å². The fraction of sp³-hybridized carbons (Fsp3) is 0.100. The summed E-state index contributed by atoms with van der Waals surface area (Å²) in [5.74, 6) is 0.516. The third-order valence-corrected chi connectivity index (χ3v) is 2.16. The molecular weight excluding hydrogens is 232 g/mol. The van der Waals surface area contributed by atoms with Crippen molar-refractivity contribution in [2.24, 2.45) is 0 Å². The number of nitrogens with one attached hydrogen (secondary N) is 2. The summed E-state index contributed by atoms with van der Waals surface area (Å²) >= 11 is 0. The first-order valence-electron chi connectivity index (χ1n) is 4.79. The zero-order valence-corrected chi connectivity index (χ0v) is 8.41. The predicted octanol–water partition coefficient (Wildman–Crippen LogP) is 2.47. The van der Waals surface area contributed by atoms with Crippen LogP contribution in [0.2, 0.25) is 0 Å². The molecule has 0 spiro atoms. The molecule has 88 valence electrons. The van der Waals surface area contributed by atoms with Crippen molar-refractivity contribution in [2.45, 2.75) is 6.29 Å². The minimum absolute atomic E-state index is 0.00782. The van der Waals surface area contributed by atoms with Crippen molar-refractivity contribution in [2.75, 3.05) is 5.32 Å². The number of benzene rings is 1. The van der Waals surface area contributed by atoms with Crippen molar-refractivity contribution >= 4 is 11.6 Å². The van der Waals surface area contributed by atoms with Gasteiger partial charge in [0.2, 0.25) is 5.95 Å². The van der Waals surface area contributed by atoms with Gasteiger partial charge in [0, 0.05) is 24.1 Å². The molecule has 0 fully saturated rings. The van der Waals surface area contributed by atoms with E-state index in [0.29, 0.717) is 11.6 Å². The van der Waals surface area contributed by atoms with E-state index in [9.17, 15) is 8.78 Å². The zero-order valence-electron chi connectivity index (χ0n) is 8.41. The van der Waals surface area contributed by atoms with Gasteiger partial charge >= 0.3 is 6.29 Å². The average Bonchev–Trinajstić information content (AvgIpc) is 2.83. The highest BCUT2D eigenvalue weighted by Gasteiger charge is 2.43. The largest absolute Gasteiger partial charge is 0.586 e. The van der Waals surface area contributed by atoms with E-state index in [4.69, 9.17) is 0 Å². The van der Waals surface area contributed by atoms with E-state index < -0.39 is 6.29 Å². The van der Waals surface area contributed by atoms with Crippen molar-refractivity contribution in [1.29, 1.82) is 0 Å². The van der Waals surface area contributed by atoms with Crippen molar-refractivity contribution in [3.05, 3.63) is 30.6 Å². The van der Waals surface area contributed by atoms with Gasteiger partial charge in [-0.15, -0.1) is 8.78 Å². The highest BCUT2D eigenvalue weighted by Crippen LogP contribution is 2.42. The summed E-state index contributed by atoms with van der Waals surface area (Å²) in [5.41, 5.74) is 0.569. The van der Waals surface area contributed by atoms with Crippen LogP contribution in [0.1, 0.15) is 0 Å². The van der Waals surface area contributed by atoms with Gasteiger partial charge in [0.1, 0.15) is 0 Å². The Bertz CT molecular complexity index is 542. The summed E-state index contributed by atoms with van der Waals surface area (Å²) in [6.45, 7) is 0. The summed E-state index contributed by atoms with van der Waals surface area (Å²) in [6.07, 6.45) is -0.376. The fourth-order valence-electron chi connectivity index (χ4n) is 1.50. The van der Waals surface area contributed by atoms with Gasteiger partial charge in [0.15, 0.2) is 11.5 Å². The lowest BCUT2D eigenvalue weighted by atomic mass is 10.3. The number of hydrogen-bond donors (Lipinski definition) is 2. The van der Waals surface area contributed by atoms with Crippen molar-refractivity contribution in [1.82, 2.24) is 9.97 Å². The number of aromatic nitrogens is 2. The molecule has 5 nitrogen and oxygen atoms in total. The minimum Gasteiger partial charge on any atom is -0.395 e. The number of nitrogens with zero attached hydrogens (tertiary/aromatic N) is 1. The quantitative estimate of drug-likeness (QED) is 0.845. The molecular formula is C10H7F2N3O2. The van der Waals surface area contributed by atoms with Crippen LogP contribution in [0.3, 0.4) is 0 Å². The molecule has 1 aromatic carbocycles. The number of halogens is 2. The molecule has 0 radical (unpaired) electrons. The third kappa shape index (κ3) is 1.86. The smallest absolute Gasteiger partial charge is 0.395 e. The molecule has 7 heteroatoms. The molecule has 0 unspecified atom stereocenters. The lowest BCUT2D eigenvalue weighted by Gasteiger charge is -2.04. The van der Waals surface area contributed by atoms with Gasteiger partial charge in [0.25, 0.3) is 0 Å². The number of imidazole rings is 1. The topological polar surface area (TPSA) is 59.2 Å². The van der Waals surface area contributed by atoms with Crippen LogP contribution in [0.15, 0.2) is 30.6 Å². The van der Waals surface area contributed by atoms with Crippen LogP contribution in [0.25, 0.3) is 0 Å². The molecule has 0 atom stereocenters. The lowest BCUT2D eigenvalue weighted by molar-refractivity contribution is -0.286. The van der Waals surface area contributed by atoms with Crippen LogP contribution in [0.5, 0.6) is 11.5 Å². The Morgan fingerprint density at radius 2 is 2.06 bits per heavy atom. The second-order valence-electron chi connectivity index (χ2n) is 3.39. The predicted molar refractivity (Wildman–Crippen MR) is 54.5 cm³/mol. The highest BCUT2D eigenvalue weighted by atomic mass is 19.3. The summed E-state index contributed by atoms with van der Waals surface area (Å²) < 4.78 is 34.1. The Morgan fingerprint density at radius 1 is 1.24 bits per heavy atom. The number of hydrogen-bond acceptors (Lipinski definition) is 4. The molecule has 0 amide bonds. The van der Waals surface area contributed by atoms with E-state index in [1.807, 2.05) is 0 Å². The molecule has 0 aliphatic carbocycles. The summed E-state index contributed by atoms with van der Waals surface area (Å²) in [7, 11) is 0. The summed E-state index contributed by atoms with van der Waals surface area (Å²) in [4.78, 5) is 6.77. The third-order valence-electron chi connectivity index (χ3n) is 2.16. The maximum atomic E-state index is 12.8. The molecule has 1 aliphatic rings. The zero-order chi connectivity index (χ0) is 11.9. The first kappa shape index (κ1) is 9.88. The van der Waals surface area contributed by atoms with E-state index in [1.54, 1.807) is 18.5 Å². The number of aromatic amines is 1. The van der Waals surface area contributed by atoms with Crippen LogP contribution in [-0.2, 0) is 0 Å². The molecule has 2 aromatic rings. The van der Waals surface area contributed by atoms with Crippen molar-refractivity contribution in [3.63, 3.8) is 0 Å². The standard InChI is InChI=1S/C10H7F2N3O2/c11-10(12)16-7-2-1-6(5-8(7)17-10)15-9-13-3-4-14-9/h1-5H,(H2,13,14,15). The number of rotatable bonds is 2. The van der Waals surface area contributed by atoms with Gasteiger partial charge in [-0.2, -0.15) is 0 Å². The average molecular weight is 239 g/mol. The Balaban J connectivity index is 1.86. The van der Waals surface area contributed by atoms with Gasteiger partial charge in [-0.05, 0) is 12.1 Å². The first-order valence-corrected chi connectivity index (χ1v) is 4.79. The van der Waals surface area contributed by atoms with E-state index in [0.717, 1.165) is 0 Å². The van der Waals surface area contributed by atoms with Gasteiger partial charge in [-0.1, -0.05) is 0 Å². The molecule has 1 aliphatic heterocycles. The monoisotopic (exact) mass is 239 g/mol. The highest BCUT2D eigenvalue weighted by molar-refractivity contribution is 5.60. The molecule has 0 saturated heterocycles. The second kappa shape index (κ2) is 3.34.